The molecule has 1 aromatic carbocycles. The molecule has 8 heteroatoms. The minimum absolute atomic E-state index is 0.155. The van der Waals surface area contributed by atoms with Crippen LogP contribution in [0.2, 0.25) is 0 Å². The van der Waals surface area contributed by atoms with E-state index >= 15 is 0 Å². The van der Waals surface area contributed by atoms with Crippen LogP contribution in [0, 0.1) is 0 Å². The Morgan fingerprint density at radius 1 is 1.07 bits per heavy atom. The van der Waals surface area contributed by atoms with Crippen molar-refractivity contribution in [3.63, 3.8) is 0 Å². The molecule has 2 aromatic rings. The van der Waals surface area contributed by atoms with Crippen molar-refractivity contribution < 1.29 is 22.7 Å². The van der Waals surface area contributed by atoms with Crippen LogP contribution in [-0.4, -0.2) is 29.0 Å². The van der Waals surface area contributed by atoms with Gasteiger partial charge in [-0.25, -0.2) is 4.79 Å². The molecule has 0 N–H and O–H groups in total. The SMILES string of the molecule is CC(C)(C)OC(=O)/C=C/c1ncccc1N=CC=Nc1cccc(C(F)(F)F)c1. The van der Waals surface area contributed by atoms with Gasteiger partial charge in [0.05, 0.1) is 22.6 Å². The molecule has 0 saturated heterocycles. The highest BCUT2D eigenvalue weighted by atomic mass is 19.4. The first kappa shape index (κ1) is 22.0. The number of aliphatic imine (C=N–C) groups is 2. The topological polar surface area (TPSA) is 63.9 Å². The summed E-state index contributed by atoms with van der Waals surface area (Å²) in [6.45, 7) is 5.29. The molecule has 5 nitrogen and oxygen atoms in total. The molecule has 0 bridgehead atoms. The Bertz CT molecular complexity index is 943. The molecule has 1 aromatic heterocycles. The minimum atomic E-state index is -4.43. The number of rotatable bonds is 5. The number of pyridine rings is 1. The molecule has 0 spiro atoms. The number of benzene rings is 1. The fourth-order valence-corrected chi connectivity index (χ4v) is 2.12. The second-order valence-corrected chi connectivity index (χ2v) is 6.88. The maximum atomic E-state index is 12.7. The van der Waals surface area contributed by atoms with Gasteiger partial charge in [0.2, 0.25) is 0 Å². The summed E-state index contributed by atoms with van der Waals surface area (Å²) in [6.07, 6.45) is 2.47. The van der Waals surface area contributed by atoms with Gasteiger partial charge in [0.1, 0.15) is 5.60 Å². The smallest absolute Gasteiger partial charge is 0.416 e. The number of hydrogen-bond acceptors (Lipinski definition) is 5. The van der Waals surface area contributed by atoms with Crippen LogP contribution < -0.4 is 0 Å². The first-order valence-corrected chi connectivity index (χ1v) is 8.65. The number of aromatic nitrogens is 1. The van der Waals surface area contributed by atoms with Gasteiger partial charge in [-0.1, -0.05) is 6.07 Å². The van der Waals surface area contributed by atoms with Gasteiger partial charge in [0.15, 0.2) is 0 Å². The predicted octanol–water partition coefficient (Wildman–Crippen LogP) is 5.56. The van der Waals surface area contributed by atoms with Crippen LogP contribution in [0.3, 0.4) is 0 Å². The lowest BCUT2D eigenvalue weighted by Crippen LogP contribution is -2.22. The molecule has 0 aliphatic rings. The number of carbonyl (C=O) groups is 1. The van der Waals surface area contributed by atoms with E-state index in [-0.39, 0.29) is 5.69 Å². The van der Waals surface area contributed by atoms with E-state index in [1.165, 1.54) is 36.7 Å². The Morgan fingerprint density at radius 2 is 1.79 bits per heavy atom. The molecule has 0 radical (unpaired) electrons. The van der Waals surface area contributed by atoms with E-state index in [0.717, 1.165) is 12.1 Å². The Kier molecular flexibility index (Phi) is 7.03. The zero-order chi connectivity index (χ0) is 21.5. The number of esters is 1. The van der Waals surface area contributed by atoms with E-state index in [1.54, 1.807) is 39.1 Å². The lowest BCUT2D eigenvalue weighted by molar-refractivity contribution is -0.148. The monoisotopic (exact) mass is 403 g/mol. The van der Waals surface area contributed by atoms with Crippen molar-refractivity contribution in [1.82, 2.24) is 4.98 Å². The average Bonchev–Trinajstić information content (AvgIpc) is 2.62. The van der Waals surface area contributed by atoms with E-state index < -0.39 is 23.3 Å². The van der Waals surface area contributed by atoms with E-state index in [4.69, 9.17) is 4.74 Å². The fourth-order valence-electron chi connectivity index (χ4n) is 2.12. The molecule has 0 saturated carbocycles. The van der Waals surface area contributed by atoms with Gasteiger partial charge in [-0.15, -0.1) is 0 Å². The summed E-state index contributed by atoms with van der Waals surface area (Å²) in [6, 6.07) is 8.01. The molecule has 0 amide bonds. The highest BCUT2D eigenvalue weighted by molar-refractivity contribution is 6.17. The maximum absolute atomic E-state index is 12.7. The first-order chi connectivity index (χ1) is 13.5. The highest BCUT2D eigenvalue weighted by Gasteiger charge is 2.30. The lowest BCUT2D eigenvalue weighted by atomic mass is 10.2. The van der Waals surface area contributed by atoms with Crippen LogP contribution in [0.5, 0.6) is 0 Å². The van der Waals surface area contributed by atoms with E-state index in [2.05, 4.69) is 15.0 Å². The third-order valence-electron chi connectivity index (χ3n) is 3.28. The summed E-state index contributed by atoms with van der Waals surface area (Å²) in [5, 5.41) is 0. The van der Waals surface area contributed by atoms with Crippen LogP contribution in [0.15, 0.2) is 58.7 Å². The van der Waals surface area contributed by atoms with Gasteiger partial charge >= 0.3 is 12.1 Å². The molecule has 1 heterocycles. The summed E-state index contributed by atoms with van der Waals surface area (Å²) >= 11 is 0. The van der Waals surface area contributed by atoms with Gasteiger partial charge in [0.25, 0.3) is 0 Å². The zero-order valence-corrected chi connectivity index (χ0v) is 16.1. The minimum Gasteiger partial charge on any atom is -0.457 e. The lowest BCUT2D eigenvalue weighted by Gasteiger charge is -2.17. The Balaban J connectivity index is 2.10. The Hall–Kier alpha value is -3.29. The normalized spacial score (nSPS) is 12.9. The summed E-state index contributed by atoms with van der Waals surface area (Å²) < 4.78 is 43.3. The van der Waals surface area contributed by atoms with Gasteiger partial charge in [-0.2, -0.15) is 13.2 Å². The quantitative estimate of drug-likeness (QED) is 0.373. The van der Waals surface area contributed by atoms with Crippen LogP contribution in [0.25, 0.3) is 6.08 Å². The van der Waals surface area contributed by atoms with E-state index in [1.807, 2.05) is 0 Å². The summed E-state index contributed by atoms with van der Waals surface area (Å²) in [7, 11) is 0. The maximum Gasteiger partial charge on any atom is 0.416 e. The van der Waals surface area contributed by atoms with Crippen molar-refractivity contribution in [2.75, 3.05) is 0 Å². The van der Waals surface area contributed by atoms with E-state index in [9.17, 15) is 18.0 Å². The molecular weight excluding hydrogens is 383 g/mol. The fraction of sp³-hybridized carbons (Fsp3) is 0.238. The number of nitrogens with zero attached hydrogens (tertiary/aromatic N) is 3. The zero-order valence-electron chi connectivity index (χ0n) is 16.1. The molecule has 152 valence electrons. The van der Waals surface area contributed by atoms with Gasteiger partial charge in [-0.05, 0) is 57.2 Å². The molecule has 29 heavy (non-hydrogen) atoms. The molecule has 0 aliphatic heterocycles. The van der Waals surface area contributed by atoms with Crippen molar-refractivity contribution >= 4 is 35.8 Å². The number of carbonyl (C=O) groups excluding carboxylic acids is 1. The average molecular weight is 403 g/mol. The third-order valence-corrected chi connectivity index (χ3v) is 3.28. The standard InChI is InChI=1S/C21H20F3N3O2/c1-20(2,3)29-19(28)10-9-18-17(8-5-11-26-18)27-13-12-25-16-7-4-6-15(14-16)21(22,23)24/h4-14H,1-3H3/b10-9+,25-12?,27-13?. The highest BCUT2D eigenvalue weighted by Crippen LogP contribution is 2.31. The Morgan fingerprint density at radius 3 is 2.48 bits per heavy atom. The molecule has 0 atom stereocenters. The molecule has 0 unspecified atom stereocenters. The summed E-state index contributed by atoms with van der Waals surface area (Å²) in [5.41, 5.74) is -0.329. The summed E-state index contributed by atoms with van der Waals surface area (Å²) in [4.78, 5) is 24.1. The Labute approximate surface area is 166 Å². The molecule has 0 aliphatic carbocycles. The number of hydrogen-bond donors (Lipinski definition) is 0. The predicted molar refractivity (Wildman–Crippen MR) is 107 cm³/mol. The molecule has 0 fully saturated rings. The second-order valence-electron chi connectivity index (χ2n) is 6.88. The van der Waals surface area contributed by atoms with Gasteiger partial charge in [-0.3, -0.25) is 15.0 Å². The van der Waals surface area contributed by atoms with Gasteiger partial charge in [0, 0.05) is 24.7 Å². The second kappa shape index (κ2) is 9.27. The largest absolute Gasteiger partial charge is 0.457 e. The van der Waals surface area contributed by atoms with Crippen LogP contribution >= 0.6 is 0 Å². The van der Waals surface area contributed by atoms with Crippen molar-refractivity contribution in [2.45, 2.75) is 32.5 Å². The van der Waals surface area contributed by atoms with Crippen molar-refractivity contribution in [3.8, 4) is 0 Å². The van der Waals surface area contributed by atoms with Crippen molar-refractivity contribution in [3.05, 3.63) is 59.9 Å². The number of halogens is 3. The first-order valence-electron chi connectivity index (χ1n) is 8.65. The van der Waals surface area contributed by atoms with Crippen LogP contribution in [0.4, 0.5) is 24.5 Å². The summed E-state index contributed by atoms with van der Waals surface area (Å²) in [5.74, 6) is -0.510. The van der Waals surface area contributed by atoms with Crippen LogP contribution in [-0.2, 0) is 15.7 Å². The number of alkyl halides is 3. The number of ether oxygens (including phenoxy) is 1. The van der Waals surface area contributed by atoms with Gasteiger partial charge < -0.3 is 4.74 Å². The van der Waals surface area contributed by atoms with E-state index in [0.29, 0.717) is 11.4 Å². The van der Waals surface area contributed by atoms with Crippen molar-refractivity contribution in [2.24, 2.45) is 9.98 Å². The third kappa shape index (κ3) is 7.69. The van der Waals surface area contributed by atoms with Crippen LogP contribution in [0.1, 0.15) is 32.0 Å². The van der Waals surface area contributed by atoms with Crippen molar-refractivity contribution in [1.29, 1.82) is 0 Å². The molecule has 2 rings (SSSR count). The molecular formula is C21H20F3N3O2.